The molecule has 0 saturated carbocycles. The minimum atomic E-state index is 0.228. The maximum atomic E-state index is 3.46. The zero-order valence-corrected chi connectivity index (χ0v) is 10.0. The Kier molecular flexibility index (Phi) is 2.34. The molecule has 1 heteroatoms. The number of aryl methyl sites for hydroxylation is 1. The molecule has 0 aliphatic heterocycles. The van der Waals surface area contributed by atoms with Gasteiger partial charge in [-0.15, -0.1) is 0 Å². The Morgan fingerprint density at radius 1 is 1.13 bits per heavy atom. The van der Waals surface area contributed by atoms with E-state index in [1.807, 2.05) is 0 Å². The zero-order chi connectivity index (χ0) is 11.1. The number of hydrogen-bond donors (Lipinski definition) is 1. The quantitative estimate of drug-likeness (QED) is 0.717. The molecule has 0 saturated heterocycles. The Morgan fingerprint density at radius 2 is 1.87 bits per heavy atom. The molecule has 0 aliphatic rings. The number of aromatic amines is 1. The van der Waals surface area contributed by atoms with Gasteiger partial charge in [0.25, 0.3) is 0 Å². The second-order valence-electron chi connectivity index (χ2n) is 5.20. The van der Waals surface area contributed by atoms with E-state index in [0.29, 0.717) is 0 Å². The van der Waals surface area contributed by atoms with Gasteiger partial charge in [0.2, 0.25) is 0 Å². The fourth-order valence-corrected chi connectivity index (χ4v) is 1.84. The summed E-state index contributed by atoms with van der Waals surface area (Å²) in [5.41, 5.74) is 4.20. The molecule has 0 fully saturated rings. The van der Waals surface area contributed by atoms with Gasteiger partial charge in [-0.2, -0.15) is 0 Å². The SMILES string of the molecule is CCc1cc2ccc(C(C)(C)C)cc2[nH]1. The summed E-state index contributed by atoms with van der Waals surface area (Å²) in [6.07, 6.45) is 1.07. The highest BCUT2D eigenvalue weighted by Crippen LogP contribution is 2.26. The second-order valence-corrected chi connectivity index (χ2v) is 5.20. The van der Waals surface area contributed by atoms with Crippen LogP contribution in [0.4, 0.5) is 0 Å². The molecule has 0 bridgehead atoms. The average Bonchev–Trinajstić information content (AvgIpc) is 2.57. The van der Waals surface area contributed by atoms with Gasteiger partial charge in [-0.1, -0.05) is 39.8 Å². The van der Waals surface area contributed by atoms with Crippen LogP contribution in [-0.4, -0.2) is 4.98 Å². The summed E-state index contributed by atoms with van der Waals surface area (Å²) in [4.78, 5) is 3.46. The number of rotatable bonds is 1. The van der Waals surface area contributed by atoms with Gasteiger partial charge in [-0.25, -0.2) is 0 Å². The molecule has 1 heterocycles. The van der Waals surface area contributed by atoms with Crippen LogP contribution in [-0.2, 0) is 11.8 Å². The molecule has 2 rings (SSSR count). The summed E-state index contributed by atoms with van der Waals surface area (Å²) in [7, 11) is 0. The third-order valence-corrected chi connectivity index (χ3v) is 2.93. The highest BCUT2D eigenvalue weighted by atomic mass is 14.7. The lowest BCUT2D eigenvalue weighted by Crippen LogP contribution is -2.10. The summed E-state index contributed by atoms with van der Waals surface area (Å²) >= 11 is 0. The normalized spacial score (nSPS) is 12.3. The van der Waals surface area contributed by atoms with Crippen LogP contribution in [0.2, 0.25) is 0 Å². The summed E-state index contributed by atoms with van der Waals surface area (Å²) in [5.74, 6) is 0. The standard InChI is InChI=1S/C14H19N/c1-5-12-8-10-6-7-11(14(2,3)4)9-13(10)15-12/h6-9,15H,5H2,1-4H3. The first-order valence-electron chi connectivity index (χ1n) is 5.63. The Bertz CT molecular complexity index is 472. The molecule has 1 aromatic carbocycles. The van der Waals surface area contributed by atoms with Crippen LogP contribution in [0.3, 0.4) is 0 Å². The highest BCUT2D eigenvalue weighted by Gasteiger charge is 2.14. The van der Waals surface area contributed by atoms with Crippen LogP contribution < -0.4 is 0 Å². The Morgan fingerprint density at radius 3 is 2.47 bits per heavy atom. The van der Waals surface area contributed by atoms with E-state index in [2.05, 4.69) is 56.9 Å². The van der Waals surface area contributed by atoms with Gasteiger partial charge in [0.1, 0.15) is 0 Å². The van der Waals surface area contributed by atoms with E-state index in [9.17, 15) is 0 Å². The van der Waals surface area contributed by atoms with Crippen LogP contribution >= 0.6 is 0 Å². The number of hydrogen-bond acceptors (Lipinski definition) is 0. The van der Waals surface area contributed by atoms with E-state index >= 15 is 0 Å². The van der Waals surface area contributed by atoms with E-state index in [1.54, 1.807) is 0 Å². The number of H-pyrrole nitrogens is 1. The van der Waals surface area contributed by atoms with Crippen molar-refractivity contribution < 1.29 is 0 Å². The first-order valence-corrected chi connectivity index (χ1v) is 5.63. The van der Waals surface area contributed by atoms with Gasteiger partial charge in [0, 0.05) is 11.2 Å². The molecule has 0 spiro atoms. The van der Waals surface area contributed by atoms with Crippen molar-refractivity contribution in [2.75, 3.05) is 0 Å². The molecule has 0 amide bonds. The number of benzene rings is 1. The van der Waals surface area contributed by atoms with Crippen LogP contribution in [0.1, 0.15) is 39.0 Å². The molecule has 2 aromatic rings. The van der Waals surface area contributed by atoms with Gasteiger partial charge in [0.05, 0.1) is 0 Å². The fraction of sp³-hybridized carbons (Fsp3) is 0.429. The van der Waals surface area contributed by atoms with E-state index in [4.69, 9.17) is 0 Å². The Labute approximate surface area is 91.5 Å². The average molecular weight is 201 g/mol. The van der Waals surface area contributed by atoms with E-state index < -0.39 is 0 Å². The van der Waals surface area contributed by atoms with Crippen molar-refractivity contribution in [3.8, 4) is 0 Å². The Balaban J connectivity index is 2.55. The maximum absolute atomic E-state index is 3.46. The van der Waals surface area contributed by atoms with E-state index in [1.165, 1.54) is 22.2 Å². The third kappa shape index (κ3) is 1.92. The number of nitrogens with one attached hydrogen (secondary N) is 1. The molecule has 15 heavy (non-hydrogen) atoms. The summed E-state index contributed by atoms with van der Waals surface area (Å²) in [6.45, 7) is 8.92. The largest absolute Gasteiger partial charge is 0.358 e. The van der Waals surface area contributed by atoms with Gasteiger partial charge in [-0.05, 0) is 34.9 Å². The van der Waals surface area contributed by atoms with E-state index in [0.717, 1.165) is 6.42 Å². The van der Waals surface area contributed by atoms with Crippen molar-refractivity contribution >= 4 is 10.9 Å². The molecule has 80 valence electrons. The molecular weight excluding hydrogens is 182 g/mol. The fourth-order valence-electron chi connectivity index (χ4n) is 1.84. The van der Waals surface area contributed by atoms with Gasteiger partial charge in [-0.3, -0.25) is 0 Å². The van der Waals surface area contributed by atoms with Gasteiger partial charge in [0.15, 0.2) is 0 Å². The molecule has 1 N–H and O–H groups in total. The van der Waals surface area contributed by atoms with Crippen molar-refractivity contribution in [2.24, 2.45) is 0 Å². The first-order chi connectivity index (χ1) is 7.00. The first kappa shape index (κ1) is 10.3. The Hall–Kier alpha value is -1.24. The lowest BCUT2D eigenvalue weighted by atomic mass is 9.87. The molecule has 0 atom stereocenters. The molecule has 1 nitrogen and oxygen atoms in total. The van der Waals surface area contributed by atoms with Crippen LogP contribution in [0.15, 0.2) is 24.3 Å². The smallest absolute Gasteiger partial charge is 0.0459 e. The number of aromatic nitrogens is 1. The second kappa shape index (κ2) is 3.41. The minimum absolute atomic E-state index is 0.228. The van der Waals surface area contributed by atoms with E-state index in [-0.39, 0.29) is 5.41 Å². The third-order valence-electron chi connectivity index (χ3n) is 2.93. The minimum Gasteiger partial charge on any atom is -0.358 e. The zero-order valence-electron chi connectivity index (χ0n) is 10.0. The molecule has 1 aromatic heterocycles. The predicted octanol–water partition coefficient (Wildman–Crippen LogP) is 4.03. The molecular formula is C14H19N. The van der Waals surface area contributed by atoms with Crippen molar-refractivity contribution in [3.63, 3.8) is 0 Å². The summed E-state index contributed by atoms with van der Waals surface area (Å²) in [6, 6.07) is 8.96. The monoisotopic (exact) mass is 201 g/mol. The van der Waals surface area contributed by atoms with Gasteiger partial charge >= 0.3 is 0 Å². The van der Waals surface area contributed by atoms with Crippen molar-refractivity contribution in [1.82, 2.24) is 4.98 Å². The number of fused-ring (bicyclic) bond motifs is 1. The topological polar surface area (TPSA) is 15.8 Å². The van der Waals surface area contributed by atoms with Crippen molar-refractivity contribution in [1.29, 1.82) is 0 Å². The van der Waals surface area contributed by atoms with Crippen LogP contribution in [0.5, 0.6) is 0 Å². The lowest BCUT2D eigenvalue weighted by molar-refractivity contribution is 0.591. The maximum Gasteiger partial charge on any atom is 0.0459 e. The van der Waals surface area contributed by atoms with Crippen LogP contribution in [0.25, 0.3) is 10.9 Å². The molecule has 0 radical (unpaired) electrons. The molecule has 0 aliphatic carbocycles. The van der Waals surface area contributed by atoms with Gasteiger partial charge < -0.3 is 4.98 Å². The van der Waals surface area contributed by atoms with Crippen molar-refractivity contribution in [3.05, 3.63) is 35.5 Å². The summed E-state index contributed by atoms with van der Waals surface area (Å²) < 4.78 is 0. The predicted molar refractivity (Wildman–Crippen MR) is 66.4 cm³/mol. The highest BCUT2D eigenvalue weighted by molar-refractivity contribution is 5.81. The summed E-state index contributed by atoms with van der Waals surface area (Å²) in [5, 5.41) is 1.32. The van der Waals surface area contributed by atoms with Crippen molar-refractivity contribution in [2.45, 2.75) is 39.5 Å². The van der Waals surface area contributed by atoms with Crippen LogP contribution in [0, 0.1) is 0 Å². The lowest BCUT2D eigenvalue weighted by Gasteiger charge is -2.18. The molecule has 0 unspecified atom stereocenters.